The molecular formula is C18H16N2O5S. The zero-order valence-corrected chi connectivity index (χ0v) is 15.0. The van der Waals surface area contributed by atoms with E-state index in [0.717, 1.165) is 0 Å². The standard InChI is InChI=1S/C18H16N2O5S/c1-11(24-14-7-16(26-10-14)17(21)23-2)15-9-20(18(22)25-15)13-5-3-12(8-19)4-6-13/h3-7,10-11,15H,9H2,1-2H3. The Kier molecular flexibility index (Phi) is 5.09. The van der Waals surface area contributed by atoms with E-state index in [1.54, 1.807) is 42.6 Å². The van der Waals surface area contributed by atoms with Crippen LogP contribution in [0.3, 0.4) is 0 Å². The van der Waals surface area contributed by atoms with Crippen LogP contribution in [0.1, 0.15) is 22.2 Å². The smallest absolute Gasteiger partial charge is 0.414 e. The first-order valence-electron chi connectivity index (χ1n) is 7.83. The van der Waals surface area contributed by atoms with E-state index in [1.165, 1.54) is 23.3 Å². The second-order valence-electron chi connectivity index (χ2n) is 5.65. The summed E-state index contributed by atoms with van der Waals surface area (Å²) in [6.07, 6.45) is -1.32. The summed E-state index contributed by atoms with van der Waals surface area (Å²) >= 11 is 1.22. The molecular weight excluding hydrogens is 356 g/mol. The maximum Gasteiger partial charge on any atom is 0.414 e. The summed E-state index contributed by atoms with van der Waals surface area (Å²) in [7, 11) is 1.32. The number of methoxy groups -OCH3 is 1. The highest BCUT2D eigenvalue weighted by Gasteiger charge is 2.36. The van der Waals surface area contributed by atoms with Crippen LogP contribution in [-0.2, 0) is 9.47 Å². The van der Waals surface area contributed by atoms with Crippen LogP contribution >= 0.6 is 11.3 Å². The molecule has 2 atom stereocenters. The van der Waals surface area contributed by atoms with Crippen molar-refractivity contribution in [3.8, 4) is 11.8 Å². The number of ether oxygens (including phenoxy) is 3. The molecule has 1 aromatic heterocycles. The van der Waals surface area contributed by atoms with Gasteiger partial charge in [-0.2, -0.15) is 5.26 Å². The number of nitriles is 1. The van der Waals surface area contributed by atoms with Gasteiger partial charge in [-0.1, -0.05) is 0 Å². The van der Waals surface area contributed by atoms with Gasteiger partial charge in [-0.3, -0.25) is 4.90 Å². The topological polar surface area (TPSA) is 88.9 Å². The molecule has 0 saturated carbocycles. The van der Waals surface area contributed by atoms with Gasteiger partial charge in [0.2, 0.25) is 0 Å². The molecule has 1 aliphatic rings. The van der Waals surface area contributed by atoms with Gasteiger partial charge in [0.05, 0.1) is 25.3 Å². The molecule has 134 valence electrons. The number of benzene rings is 1. The highest BCUT2D eigenvalue weighted by atomic mass is 32.1. The van der Waals surface area contributed by atoms with Crippen LogP contribution in [0, 0.1) is 11.3 Å². The number of carbonyl (C=O) groups excluding carboxylic acids is 2. The van der Waals surface area contributed by atoms with E-state index in [2.05, 4.69) is 4.74 Å². The van der Waals surface area contributed by atoms with Gasteiger partial charge in [-0.15, -0.1) is 11.3 Å². The molecule has 2 heterocycles. The lowest BCUT2D eigenvalue weighted by molar-refractivity contribution is 0.0576. The fourth-order valence-corrected chi connectivity index (χ4v) is 3.27. The van der Waals surface area contributed by atoms with Gasteiger partial charge in [-0.05, 0) is 31.2 Å². The second kappa shape index (κ2) is 7.45. The fraction of sp³-hybridized carbons (Fsp3) is 0.278. The molecule has 0 bridgehead atoms. The largest absolute Gasteiger partial charge is 0.486 e. The molecule has 0 radical (unpaired) electrons. The van der Waals surface area contributed by atoms with E-state index in [1.807, 2.05) is 6.07 Å². The third-order valence-electron chi connectivity index (χ3n) is 3.95. The first kappa shape index (κ1) is 17.8. The summed E-state index contributed by atoms with van der Waals surface area (Å²) in [6.45, 7) is 2.13. The maximum absolute atomic E-state index is 12.2. The number of hydrogen-bond donors (Lipinski definition) is 0. The molecule has 1 aliphatic heterocycles. The van der Waals surface area contributed by atoms with Crippen LogP contribution in [-0.4, -0.2) is 37.9 Å². The quantitative estimate of drug-likeness (QED) is 0.749. The highest BCUT2D eigenvalue weighted by molar-refractivity contribution is 7.12. The molecule has 1 amide bonds. The van der Waals surface area contributed by atoms with E-state index < -0.39 is 24.3 Å². The Labute approximate surface area is 154 Å². The number of cyclic esters (lactones) is 1. The van der Waals surface area contributed by atoms with Crippen molar-refractivity contribution in [2.75, 3.05) is 18.6 Å². The van der Waals surface area contributed by atoms with Gasteiger partial charge in [0.1, 0.15) is 16.7 Å². The van der Waals surface area contributed by atoms with Crippen LogP contribution in [0.2, 0.25) is 0 Å². The van der Waals surface area contributed by atoms with Gasteiger partial charge >= 0.3 is 12.1 Å². The maximum atomic E-state index is 12.2. The van der Waals surface area contributed by atoms with Gasteiger partial charge in [0, 0.05) is 17.1 Å². The van der Waals surface area contributed by atoms with Crippen LogP contribution in [0.15, 0.2) is 35.7 Å². The molecule has 1 saturated heterocycles. The first-order chi connectivity index (χ1) is 12.5. The lowest BCUT2D eigenvalue weighted by Crippen LogP contribution is -2.33. The van der Waals surface area contributed by atoms with Crippen molar-refractivity contribution < 1.29 is 23.8 Å². The van der Waals surface area contributed by atoms with Gasteiger partial charge in [0.15, 0.2) is 6.10 Å². The molecule has 0 spiro atoms. The summed E-state index contributed by atoms with van der Waals surface area (Å²) in [5, 5.41) is 10.6. The Hall–Kier alpha value is -3.05. The zero-order valence-electron chi connectivity index (χ0n) is 14.2. The predicted molar refractivity (Wildman–Crippen MR) is 94.5 cm³/mol. The fourth-order valence-electron chi connectivity index (χ4n) is 2.53. The molecule has 7 nitrogen and oxygen atoms in total. The Bertz CT molecular complexity index is 855. The van der Waals surface area contributed by atoms with Crippen molar-refractivity contribution in [3.63, 3.8) is 0 Å². The minimum absolute atomic E-state index is 0.333. The number of anilines is 1. The Morgan fingerprint density at radius 3 is 2.81 bits per heavy atom. The Balaban J connectivity index is 1.64. The third-order valence-corrected chi connectivity index (χ3v) is 4.84. The average molecular weight is 372 g/mol. The van der Waals surface area contributed by atoms with E-state index in [9.17, 15) is 9.59 Å². The van der Waals surface area contributed by atoms with Gasteiger partial charge in [-0.25, -0.2) is 9.59 Å². The number of carbonyl (C=O) groups is 2. The number of nitrogens with zero attached hydrogens (tertiary/aromatic N) is 2. The number of amides is 1. The lowest BCUT2D eigenvalue weighted by atomic mass is 10.2. The predicted octanol–water partition coefficient (Wildman–Crippen LogP) is 3.20. The highest BCUT2D eigenvalue weighted by Crippen LogP contribution is 2.27. The van der Waals surface area contributed by atoms with Crippen molar-refractivity contribution in [3.05, 3.63) is 46.2 Å². The van der Waals surface area contributed by atoms with Crippen LogP contribution < -0.4 is 9.64 Å². The molecule has 1 fully saturated rings. The van der Waals surface area contributed by atoms with Crippen LogP contribution in [0.4, 0.5) is 10.5 Å². The number of rotatable bonds is 5. The molecule has 2 unspecified atom stereocenters. The lowest BCUT2D eigenvalue weighted by Gasteiger charge is -2.18. The van der Waals surface area contributed by atoms with Crippen molar-refractivity contribution in [1.29, 1.82) is 5.26 Å². The summed E-state index contributed by atoms with van der Waals surface area (Å²) in [4.78, 5) is 25.6. The van der Waals surface area contributed by atoms with Crippen molar-refractivity contribution >= 4 is 29.1 Å². The molecule has 26 heavy (non-hydrogen) atoms. The number of hydrogen-bond acceptors (Lipinski definition) is 7. The Morgan fingerprint density at radius 1 is 1.42 bits per heavy atom. The van der Waals surface area contributed by atoms with E-state index >= 15 is 0 Å². The van der Waals surface area contributed by atoms with Crippen LogP contribution in [0.5, 0.6) is 5.75 Å². The minimum atomic E-state index is -0.462. The van der Waals surface area contributed by atoms with E-state index in [0.29, 0.717) is 28.4 Å². The SMILES string of the molecule is COC(=O)c1cc(OC(C)C2CN(c3ccc(C#N)cc3)C(=O)O2)cs1. The summed E-state index contributed by atoms with van der Waals surface area (Å²) < 4.78 is 15.9. The van der Waals surface area contributed by atoms with Crippen molar-refractivity contribution in [2.24, 2.45) is 0 Å². The molecule has 0 N–H and O–H groups in total. The third kappa shape index (κ3) is 3.63. The van der Waals surface area contributed by atoms with Gasteiger partial charge < -0.3 is 14.2 Å². The van der Waals surface area contributed by atoms with Crippen LogP contribution in [0.25, 0.3) is 0 Å². The number of thiophene rings is 1. The number of esters is 1. The minimum Gasteiger partial charge on any atom is -0.486 e. The van der Waals surface area contributed by atoms with Crippen molar-refractivity contribution in [2.45, 2.75) is 19.1 Å². The van der Waals surface area contributed by atoms with Gasteiger partial charge in [0.25, 0.3) is 0 Å². The monoisotopic (exact) mass is 372 g/mol. The second-order valence-corrected chi connectivity index (χ2v) is 6.56. The van der Waals surface area contributed by atoms with E-state index in [4.69, 9.17) is 14.7 Å². The molecule has 2 aromatic rings. The molecule has 0 aliphatic carbocycles. The average Bonchev–Trinajstić information content (AvgIpc) is 3.28. The first-order valence-corrected chi connectivity index (χ1v) is 8.71. The molecule has 3 rings (SSSR count). The summed E-state index contributed by atoms with van der Waals surface area (Å²) in [6, 6.07) is 10.3. The van der Waals surface area contributed by atoms with Crippen molar-refractivity contribution in [1.82, 2.24) is 0 Å². The Morgan fingerprint density at radius 2 is 2.15 bits per heavy atom. The summed E-state index contributed by atoms with van der Waals surface area (Å²) in [5.41, 5.74) is 1.18. The molecule has 8 heteroatoms. The molecule has 1 aromatic carbocycles. The zero-order chi connectivity index (χ0) is 18.7. The normalized spacial score (nSPS) is 17.3. The summed E-state index contributed by atoms with van der Waals surface area (Å²) in [5.74, 6) is 0.104. The van der Waals surface area contributed by atoms with E-state index in [-0.39, 0.29) is 0 Å².